The van der Waals surface area contributed by atoms with Gasteiger partial charge in [0, 0.05) is 24.0 Å². The maximum atomic E-state index is 12.4. The van der Waals surface area contributed by atoms with E-state index in [0.717, 1.165) is 12.0 Å². The molecule has 2 N–H and O–H groups in total. The van der Waals surface area contributed by atoms with Gasteiger partial charge in [-0.25, -0.2) is 0 Å². The molecule has 0 spiro atoms. The second-order valence-electron chi connectivity index (χ2n) is 6.86. The molecule has 1 saturated heterocycles. The zero-order valence-electron chi connectivity index (χ0n) is 13.3. The van der Waals surface area contributed by atoms with Crippen molar-refractivity contribution in [3.8, 4) is 0 Å². The Bertz CT molecular complexity index is 549. The lowest BCUT2D eigenvalue weighted by atomic mass is 9.74. The summed E-state index contributed by atoms with van der Waals surface area (Å²) >= 11 is 5.84. The zero-order valence-corrected chi connectivity index (χ0v) is 14.0. The number of carbonyl (C=O) groups excluding carboxylic acids is 2. The van der Waals surface area contributed by atoms with Crippen molar-refractivity contribution >= 4 is 23.4 Å². The number of carbonyl (C=O) groups is 2. The fourth-order valence-electron chi connectivity index (χ4n) is 2.82. The van der Waals surface area contributed by atoms with Crippen molar-refractivity contribution in [2.24, 2.45) is 17.3 Å². The average molecular weight is 323 g/mol. The van der Waals surface area contributed by atoms with Gasteiger partial charge in [0.15, 0.2) is 0 Å². The van der Waals surface area contributed by atoms with Crippen LogP contribution in [0, 0.1) is 17.3 Å². The van der Waals surface area contributed by atoms with Crippen molar-refractivity contribution in [3.05, 3.63) is 34.9 Å². The van der Waals surface area contributed by atoms with E-state index in [9.17, 15) is 9.59 Å². The smallest absolute Gasteiger partial charge is 0.232 e. The third-order valence-electron chi connectivity index (χ3n) is 4.20. The van der Waals surface area contributed by atoms with Gasteiger partial charge in [-0.15, -0.1) is 0 Å². The van der Waals surface area contributed by atoms with Crippen LogP contribution in [0.2, 0.25) is 5.02 Å². The van der Waals surface area contributed by atoms with Gasteiger partial charge < -0.3 is 10.6 Å². The Balaban J connectivity index is 1.91. The van der Waals surface area contributed by atoms with E-state index in [1.165, 1.54) is 0 Å². The first-order valence-electron chi connectivity index (χ1n) is 7.59. The minimum atomic E-state index is -0.592. The molecule has 1 aromatic rings. The molecule has 1 aliphatic rings. The summed E-state index contributed by atoms with van der Waals surface area (Å²) in [4.78, 5) is 24.3. The van der Waals surface area contributed by atoms with Gasteiger partial charge in [-0.3, -0.25) is 9.59 Å². The lowest BCUT2D eigenvalue weighted by Gasteiger charge is -2.29. The fraction of sp³-hybridized carbons (Fsp3) is 0.529. The Labute approximate surface area is 136 Å². The van der Waals surface area contributed by atoms with Crippen LogP contribution in [0.15, 0.2) is 24.3 Å². The molecule has 5 heteroatoms. The highest BCUT2D eigenvalue weighted by atomic mass is 35.5. The summed E-state index contributed by atoms with van der Waals surface area (Å²) in [6.07, 6.45) is 0.720. The predicted molar refractivity (Wildman–Crippen MR) is 87.6 cm³/mol. The summed E-state index contributed by atoms with van der Waals surface area (Å²) in [6.45, 7) is 7.27. The summed E-state index contributed by atoms with van der Waals surface area (Å²) in [6, 6.07) is 7.54. The van der Waals surface area contributed by atoms with Gasteiger partial charge >= 0.3 is 0 Å². The molecule has 0 aliphatic carbocycles. The van der Waals surface area contributed by atoms with Gasteiger partial charge in [-0.1, -0.05) is 44.5 Å². The lowest BCUT2D eigenvalue weighted by molar-refractivity contribution is -0.135. The van der Waals surface area contributed by atoms with Crippen molar-refractivity contribution in [1.29, 1.82) is 0 Å². The Morgan fingerprint density at radius 3 is 2.55 bits per heavy atom. The summed E-state index contributed by atoms with van der Waals surface area (Å²) < 4.78 is 0. The molecule has 0 bridgehead atoms. The molecule has 0 aromatic heterocycles. The number of nitrogens with one attached hydrogen (secondary N) is 2. The maximum absolute atomic E-state index is 12.4. The minimum Gasteiger partial charge on any atom is -0.355 e. The Hall–Kier alpha value is -1.55. The number of halogens is 1. The molecule has 1 aromatic carbocycles. The van der Waals surface area contributed by atoms with Gasteiger partial charge in [0.1, 0.15) is 5.92 Å². The number of rotatable bonds is 4. The fourth-order valence-corrected chi connectivity index (χ4v) is 2.95. The zero-order chi connectivity index (χ0) is 16.3. The highest BCUT2D eigenvalue weighted by molar-refractivity contribution is 6.30. The van der Waals surface area contributed by atoms with Crippen molar-refractivity contribution in [1.82, 2.24) is 10.6 Å². The highest BCUT2D eigenvalue weighted by Crippen LogP contribution is 2.35. The molecular formula is C17H23ClN2O2. The van der Waals surface area contributed by atoms with Gasteiger partial charge in [0.05, 0.1) is 0 Å². The van der Waals surface area contributed by atoms with Gasteiger partial charge in [0.2, 0.25) is 11.8 Å². The monoisotopic (exact) mass is 322 g/mol. The predicted octanol–water partition coefficient (Wildman–Crippen LogP) is 2.41. The van der Waals surface area contributed by atoms with Crippen LogP contribution in [0.1, 0.15) is 26.3 Å². The second kappa shape index (κ2) is 6.69. The third-order valence-corrected chi connectivity index (χ3v) is 4.45. The third kappa shape index (κ3) is 4.01. The Morgan fingerprint density at radius 1 is 1.32 bits per heavy atom. The van der Waals surface area contributed by atoms with E-state index in [1.807, 2.05) is 24.3 Å². The van der Waals surface area contributed by atoms with E-state index in [1.54, 1.807) is 0 Å². The van der Waals surface area contributed by atoms with Gasteiger partial charge in [0.25, 0.3) is 0 Å². The van der Waals surface area contributed by atoms with E-state index >= 15 is 0 Å². The van der Waals surface area contributed by atoms with E-state index < -0.39 is 5.92 Å². The normalized spacial score (nSPS) is 21.5. The maximum Gasteiger partial charge on any atom is 0.232 e. The summed E-state index contributed by atoms with van der Waals surface area (Å²) in [5.74, 6) is -0.909. The van der Waals surface area contributed by atoms with Gasteiger partial charge in [-0.05, 0) is 29.5 Å². The molecule has 2 atom stereocenters. The van der Waals surface area contributed by atoms with Crippen LogP contribution < -0.4 is 10.6 Å². The molecule has 0 radical (unpaired) electrons. The van der Waals surface area contributed by atoms with Crippen LogP contribution in [-0.4, -0.2) is 24.9 Å². The highest BCUT2D eigenvalue weighted by Gasteiger charge is 2.45. The minimum absolute atomic E-state index is 0.0236. The van der Waals surface area contributed by atoms with E-state index in [-0.39, 0.29) is 23.1 Å². The summed E-state index contributed by atoms with van der Waals surface area (Å²) in [5.41, 5.74) is 1.02. The Morgan fingerprint density at radius 2 is 1.95 bits per heavy atom. The quantitative estimate of drug-likeness (QED) is 0.836. The van der Waals surface area contributed by atoms with Crippen molar-refractivity contribution in [2.45, 2.75) is 27.2 Å². The Kier molecular flexibility index (Phi) is 5.12. The van der Waals surface area contributed by atoms with Gasteiger partial charge in [-0.2, -0.15) is 0 Å². The second-order valence-corrected chi connectivity index (χ2v) is 7.30. The molecule has 120 valence electrons. The molecule has 22 heavy (non-hydrogen) atoms. The molecule has 1 fully saturated rings. The molecule has 1 aliphatic heterocycles. The molecule has 0 unspecified atom stereocenters. The number of benzene rings is 1. The van der Waals surface area contributed by atoms with Crippen molar-refractivity contribution in [2.75, 3.05) is 13.1 Å². The molecular weight excluding hydrogens is 300 g/mol. The van der Waals surface area contributed by atoms with Crippen LogP contribution >= 0.6 is 11.6 Å². The van der Waals surface area contributed by atoms with Crippen LogP contribution in [-0.2, 0) is 16.0 Å². The number of hydrogen-bond donors (Lipinski definition) is 2. The first-order valence-corrected chi connectivity index (χ1v) is 7.96. The standard InChI is InChI=1S/C17H23ClN2O2/c1-17(2,3)13-10-20-16(22)14(13)15(21)19-9-8-11-4-6-12(18)7-5-11/h4-7,13-14H,8-10H2,1-3H3,(H,19,21)(H,20,22)/t13-,14+/m1/s1. The molecule has 4 nitrogen and oxygen atoms in total. The largest absolute Gasteiger partial charge is 0.355 e. The van der Waals surface area contributed by atoms with Crippen LogP contribution in [0.5, 0.6) is 0 Å². The molecule has 1 heterocycles. The topological polar surface area (TPSA) is 58.2 Å². The first-order chi connectivity index (χ1) is 10.3. The van der Waals surface area contributed by atoms with Crippen LogP contribution in [0.3, 0.4) is 0 Å². The average Bonchev–Trinajstić information content (AvgIpc) is 2.83. The SMILES string of the molecule is CC(C)(C)[C@@H]1CNC(=O)[C@@H]1C(=O)NCCc1ccc(Cl)cc1. The molecule has 2 rings (SSSR count). The van der Waals surface area contributed by atoms with E-state index in [4.69, 9.17) is 11.6 Å². The van der Waals surface area contributed by atoms with Crippen molar-refractivity contribution in [3.63, 3.8) is 0 Å². The van der Waals surface area contributed by atoms with Crippen LogP contribution in [0.25, 0.3) is 0 Å². The first kappa shape index (κ1) is 16.8. The van der Waals surface area contributed by atoms with E-state index in [2.05, 4.69) is 31.4 Å². The molecule has 0 saturated carbocycles. The molecule has 2 amide bonds. The number of hydrogen-bond acceptors (Lipinski definition) is 2. The van der Waals surface area contributed by atoms with Crippen LogP contribution in [0.4, 0.5) is 0 Å². The summed E-state index contributed by atoms with van der Waals surface area (Å²) in [7, 11) is 0. The number of amides is 2. The lowest BCUT2D eigenvalue weighted by Crippen LogP contribution is -2.41. The summed E-state index contributed by atoms with van der Waals surface area (Å²) in [5, 5.41) is 6.39. The van der Waals surface area contributed by atoms with E-state index in [0.29, 0.717) is 18.1 Å². The van der Waals surface area contributed by atoms with Crippen molar-refractivity contribution < 1.29 is 9.59 Å².